The van der Waals surface area contributed by atoms with Crippen LogP contribution < -0.4 is 5.56 Å². The highest BCUT2D eigenvalue weighted by molar-refractivity contribution is 7.17. The smallest absolute Gasteiger partial charge is 0.271 e. The average Bonchev–Trinajstić information content (AvgIpc) is 2.61. The molecule has 15 heavy (non-hydrogen) atoms. The van der Waals surface area contributed by atoms with Crippen LogP contribution in [0.3, 0.4) is 0 Å². The fraction of sp³-hybridized carbons (Fsp3) is 0.455. The third-order valence-electron chi connectivity index (χ3n) is 2.48. The first kappa shape index (κ1) is 10.4. The van der Waals surface area contributed by atoms with Gasteiger partial charge in [-0.15, -0.1) is 11.3 Å². The van der Waals surface area contributed by atoms with Gasteiger partial charge in [0.05, 0.1) is 11.8 Å². The lowest BCUT2D eigenvalue weighted by Gasteiger charge is -2.03. The van der Waals surface area contributed by atoms with E-state index >= 15 is 0 Å². The maximum absolute atomic E-state index is 12.0. The highest BCUT2D eigenvalue weighted by atomic mass is 32.1. The molecule has 4 heteroatoms. The Kier molecular flexibility index (Phi) is 2.86. The van der Waals surface area contributed by atoms with E-state index in [0.29, 0.717) is 0 Å². The highest BCUT2D eigenvalue weighted by Crippen LogP contribution is 2.19. The Balaban J connectivity index is 2.51. The second-order valence-electron chi connectivity index (χ2n) is 3.69. The molecule has 2 heterocycles. The van der Waals surface area contributed by atoms with Crippen molar-refractivity contribution in [3.63, 3.8) is 0 Å². The fourth-order valence-electron chi connectivity index (χ4n) is 1.55. The van der Waals surface area contributed by atoms with Crippen molar-refractivity contribution in [1.29, 1.82) is 0 Å². The lowest BCUT2D eigenvalue weighted by atomic mass is 10.3. The predicted octanol–water partition coefficient (Wildman–Crippen LogP) is 2.57. The number of hydrogen-bond donors (Lipinski definition) is 0. The summed E-state index contributed by atoms with van der Waals surface area (Å²) < 4.78 is 2.49. The molecule has 3 nitrogen and oxygen atoms in total. The maximum Gasteiger partial charge on any atom is 0.271 e. The average molecular weight is 222 g/mol. The van der Waals surface area contributed by atoms with Crippen LogP contribution in [0.25, 0.3) is 10.2 Å². The normalized spacial score (nSPS) is 11.1. The molecule has 2 rings (SSSR count). The van der Waals surface area contributed by atoms with Gasteiger partial charge in [-0.25, -0.2) is 4.98 Å². The zero-order valence-electron chi connectivity index (χ0n) is 8.99. The van der Waals surface area contributed by atoms with Crippen LogP contribution in [0.2, 0.25) is 0 Å². The Morgan fingerprint density at radius 2 is 2.33 bits per heavy atom. The van der Waals surface area contributed by atoms with E-state index in [-0.39, 0.29) is 5.56 Å². The Morgan fingerprint density at radius 3 is 3.07 bits per heavy atom. The van der Waals surface area contributed by atoms with Crippen molar-refractivity contribution < 1.29 is 0 Å². The van der Waals surface area contributed by atoms with Gasteiger partial charge in [-0.3, -0.25) is 9.36 Å². The molecule has 2 aromatic heterocycles. The number of unbranched alkanes of at least 4 members (excludes halogenated alkanes) is 1. The first-order chi connectivity index (χ1) is 7.24. The molecule has 0 aliphatic carbocycles. The summed E-state index contributed by atoms with van der Waals surface area (Å²) in [6.07, 6.45) is 3.78. The van der Waals surface area contributed by atoms with Gasteiger partial charge < -0.3 is 0 Å². The first-order valence-corrected chi connectivity index (χ1v) is 6.05. The summed E-state index contributed by atoms with van der Waals surface area (Å²) in [7, 11) is 0. The molecule has 0 amide bonds. The van der Waals surface area contributed by atoms with Crippen molar-refractivity contribution in [2.75, 3.05) is 0 Å². The van der Waals surface area contributed by atoms with Crippen molar-refractivity contribution >= 4 is 21.6 Å². The number of fused-ring (bicyclic) bond motifs is 1. The van der Waals surface area contributed by atoms with Gasteiger partial charge in [-0.2, -0.15) is 0 Å². The van der Waals surface area contributed by atoms with Crippen LogP contribution in [0.15, 0.2) is 16.5 Å². The van der Waals surface area contributed by atoms with Gasteiger partial charge in [0.2, 0.25) is 0 Å². The Bertz CT molecular complexity index is 527. The van der Waals surface area contributed by atoms with E-state index in [0.717, 1.165) is 35.2 Å². The van der Waals surface area contributed by atoms with E-state index in [2.05, 4.69) is 11.9 Å². The minimum Gasteiger partial charge on any atom is -0.298 e. The van der Waals surface area contributed by atoms with Gasteiger partial charge in [-0.1, -0.05) is 13.3 Å². The molecular weight excluding hydrogens is 208 g/mol. The Labute approximate surface area is 92.4 Å². The van der Waals surface area contributed by atoms with E-state index in [4.69, 9.17) is 0 Å². The van der Waals surface area contributed by atoms with E-state index in [1.165, 1.54) is 11.3 Å². The second kappa shape index (κ2) is 4.14. The minimum absolute atomic E-state index is 0.103. The van der Waals surface area contributed by atoms with Gasteiger partial charge in [0.1, 0.15) is 4.70 Å². The van der Waals surface area contributed by atoms with Crippen LogP contribution >= 0.6 is 11.3 Å². The van der Waals surface area contributed by atoms with Crippen molar-refractivity contribution in [1.82, 2.24) is 9.55 Å². The van der Waals surface area contributed by atoms with Crippen LogP contribution in [0, 0.1) is 6.92 Å². The standard InChI is InChI=1S/C11H14N2OS/c1-3-4-5-13-7-12-9-8(2)6-15-10(9)11(13)14/h6-7H,3-5H2,1-2H3. The Morgan fingerprint density at radius 1 is 1.53 bits per heavy atom. The molecule has 2 aromatic rings. The van der Waals surface area contributed by atoms with Crippen molar-refractivity contribution in [3.05, 3.63) is 27.6 Å². The van der Waals surface area contributed by atoms with E-state index < -0.39 is 0 Å². The largest absolute Gasteiger partial charge is 0.298 e. The van der Waals surface area contributed by atoms with Crippen LogP contribution in [0.4, 0.5) is 0 Å². The molecular formula is C11H14N2OS. The molecule has 0 aliphatic rings. The van der Waals surface area contributed by atoms with E-state index in [1.807, 2.05) is 12.3 Å². The third kappa shape index (κ3) is 1.81. The van der Waals surface area contributed by atoms with Gasteiger partial charge >= 0.3 is 0 Å². The summed E-state index contributed by atoms with van der Waals surface area (Å²) in [6.45, 7) is 4.88. The molecule has 0 fully saturated rings. The topological polar surface area (TPSA) is 34.9 Å². The summed E-state index contributed by atoms with van der Waals surface area (Å²) in [4.78, 5) is 16.3. The molecule has 80 valence electrons. The molecule has 0 unspecified atom stereocenters. The van der Waals surface area contributed by atoms with Gasteiger partial charge in [0.15, 0.2) is 0 Å². The van der Waals surface area contributed by atoms with Crippen LogP contribution in [-0.2, 0) is 6.54 Å². The zero-order chi connectivity index (χ0) is 10.8. The minimum atomic E-state index is 0.103. The van der Waals surface area contributed by atoms with Gasteiger partial charge in [-0.05, 0) is 24.3 Å². The quantitative estimate of drug-likeness (QED) is 0.800. The molecule has 0 aromatic carbocycles. The second-order valence-corrected chi connectivity index (χ2v) is 4.57. The fourth-order valence-corrected chi connectivity index (χ4v) is 2.50. The van der Waals surface area contributed by atoms with Crippen LogP contribution in [0.1, 0.15) is 25.3 Å². The number of rotatable bonds is 3. The van der Waals surface area contributed by atoms with Crippen molar-refractivity contribution in [3.8, 4) is 0 Å². The molecule has 0 spiro atoms. The van der Waals surface area contributed by atoms with Crippen molar-refractivity contribution in [2.45, 2.75) is 33.2 Å². The third-order valence-corrected chi connectivity index (χ3v) is 3.55. The monoisotopic (exact) mass is 222 g/mol. The number of thiophene rings is 1. The number of aromatic nitrogens is 2. The number of nitrogens with zero attached hydrogens (tertiary/aromatic N) is 2. The molecule has 0 N–H and O–H groups in total. The molecule has 0 bridgehead atoms. The van der Waals surface area contributed by atoms with E-state index in [9.17, 15) is 4.79 Å². The molecule has 0 radical (unpaired) electrons. The van der Waals surface area contributed by atoms with E-state index in [1.54, 1.807) is 10.9 Å². The first-order valence-electron chi connectivity index (χ1n) is 5.17. The molecule has 0 saturated carbocycles. The predicted molar refractivity (Wildman–Crippen MR) is 63.5 cm³/mol. The maximum atomic E-state index is 12.0. The van der Waals surface area contributed by atoms with Gasteiger partial charge in [0.25, 0.3) is 5.56 Å². The summed E-state index contributed by atoms with van der Waals surface area (Å²) in [5.41, 5.74) is 2.05. The summed E-state index contributed by atoms with van der Waals surface area (Å²) in [5.74, 6) is 0. The molecule has 0 atom stereocenters. The molecule has 0 aliphatic heterocycles. The SMILES string of the molecule is CCCCn1cnc2c(C)csc2c1=O. The zero-order valence-corrected chi connectivity index (χ0v) is 9.80. The van der Waals surface area contributed by atoms with Crippen LogP contribution in [-0.4, -0.2) is 9.55 Å². The summed E-state index contributed by atoms with van der Waals surface area (Å²) in [5, 5.41) is 1.99. The number of hydrogen-bond acceptors (Lipinski definition) is 3. The lowest BCUT2D eigenvalue weighted by molar-refractivity contribution is 0.609. The van der Waals surface area contributed by atoms with Crippen molar-refractivity contribution in [2.24, 2.45) is 0 Å². The Hall–Kier alpha value is -1.16. The number of aryl methyl sites for hydroxylation is 2. The molecule has 0 saturated heterocycles. The summed E-state index contributed by atoms with van der Waals surface area (Å²) >= 11 is 1.49. The summed E-state index contributed by atoms with van der Waals surface area (Å²) in [6, 6.07) is 0. The van der Waals surface area contributed by atoms with Crippen LogP contribution in [0.5, 0.6) is 0 Å². The lowest BCUT2D eigenvalue weighted by Crippen LogP contribution is -2.19. The highest BCUT2D eigenvalue weighted by Gasteiger charge is 2.07. The van der Waals surface area contributed by atoms with Gasteiger partial charge in [0, 0.05) is 6.54 Å².